The number of ether oxygens (including phenoxy) is 2. The maximum atomic E-state index is 6.94. The van der Waals surface area contributed by atoms with Gasteiger partial charge in [0.2, 0.25) is 0 Å². The van der Waals surface area contributed by atoms with Gasteiger partial charge in [-0.05, 0) is 111 Å². The Hall–Kier alpha value is -8.60. The third-order valence-corrected chi connectivity index (χ3v) is 14.8. The van der Waals surface area contributed by atoms with E-state index in [0.29, 0.717) is 0 Å². The van der Waals surface area contributed by atoms with Crippen molar-refractivity contribution in [2.75, 3.05) is 4.90 Å². The first-order valence-corrected chi connectivity index (χ1v) is 22.7. The highest BCUT2D eigenvalue weighted by atomic mass is 16.5. The second kappa shape index (κ2) is 13.0. The van der Waals surface area contributed by atoms with Crippen LogP contribution in [0.2, 0.25) is 0 Å². The summed E-state index contributed by atoms with van der Waals surface area (Å²) >= 11 is 0. The van der Waals surface area contributed by atoms with Crippen LogP contribution in [-0.4, -0.2) is 0 Å². The largest absolute Gasteiger partial charge is 0.457 e. The number of anilines is 3. The van der Waals surface area contributed by atoms with Crippen LogP contribution in [-0.2, 0) is 10.8 Å². The lowest BCUT2D eigenvalue weighted by Gasteiger charge is -2.41. The van der Waals surface area contributed by atoms with Crippen molar-refractivity contribution in [3.05, 3.63) is 269 Å². The fraction of sp³-hybridized carbons (Fsp3) is 0.0323. The number of nitrogens with zero attached hydrogens (tertiary/aromatic N) is 1. The number of hydrogen-bond donors (Lipinski definition) is 0. The fourth-order valence-electron chi connectivity index (χ4n) is 12.3. The van der Waals surface area contributed by atoms with Crippen molar-refractivity contribution in [1.82, 2.24) is 0 Å². The Morgan fingerprint density at radius 2 is 0.697 bits per heavy atom. The zero-order valence-electron chi connectivity index (χ0n) is 35.5. The monoisotopic (exact) mass is 843 g/mol. The Morgan fingerprint density at radius 1 is 0.303 bits per heavy atom. The molecule has 0 unspecified atom stereocenters. The molecule has 2 aliphatic heterocycles. The van der Waals surface area contributed by atoms with Gasteiger partial charge in [-0.15, -0.1) is 0 Å². The van der Waals surface area contributed by atoms with Crippen LogP contribution in [0.15, 0.2) is 229 Å². The minimum atomic E-state index is -0.637. The van der Waals surface area contributed by atoms with E-state index < -0.39 is 10.8 Å². The molecule has 4 aliphatic rings. The molecule has 0 radical (unpaired) electrons. The molecule has 10 aromatic carbocycles. The van der Waals surface area contributed by atoms with E-state index in [1.54, 1.807) is 0 Å². The molecule has 308 valence electrons. The van der Waals surface area contributed by atoms with Gasteiger partial charge in [-0.1, -0.05) is 158 Å². The van der Waals surface area contributed by atoms with Gasteiger partial charge in [0.15, 0.2) is 0 Å². The van der Waals surface area contributed by atoms with Crippen LogP contribution < -0.4 is 14.4 Å². The Morgan fingerprint density at radius 3 is 1.20 bits per heavy atom. The molecule has 4 heteroatoms. The van der Waals surface area contributed by atoms with Gasteiger partial charge in [-0.3, -0.25) is 0 Å². The SMILES string of the molecule is c1ccc2c(c1)Oc1ccc(N(c3ccc4c(c3)C3(c5ccccc5O4)c4ccccc4-c4ccccc43)c3cccc4oc5ccccc5c34)cc1C21c2ccccc2-c2ccccc21. The average molecular weight is 844 g/mol. The lowest BCUT2D eigenvalue weighted by molar-refractivity contribution is 0.436. The van der Waals surface area contributed by atoms with Crippen molar-refractivity contribution in [1.29, 1.82) is 0 Å². The number of furan rings is 1. The zero-order chi connectivity index (χ0) is 43.1. The number of fused-ring (bicyclic) bond motifs is 21. The van der Waals surface area contributed by atoms with E-state index >= 15 is 0 Å². The molecule has 0 bridgehead atoms. The Labute approximate surface area is 381 Å². The lowest BCUT2D eigenvalue weighted by Crippen LogP contribution is -2.32. The number of rotatable bonds is 3. The van der Waals surface area contributed by atoms with Crippen molar-refractivity contribution in [3.8, 4) is 45.3 Å². The first kappa shape index (κ1) is 35.8. The van der Waals surface area contributed by atoms with Crippen LogP contribution in [0.1, 0.15) is 44.5 Å². The number of benzene rings is 10. The van der Waals surface area contributed by atoms with Gasteiger partial charge < -0.3 is 18.8 Å². The van der Waals surface area contributed by atoms with E-state index in [9.17, 15) is 0 Å². The molecule has 0 atom stereocenters. The zero-order valence-corrected chi connectivity index (χ0v) is 35.5. The van der Waals surface area contributed by atoms with Gasteiger partial charge in [0.25, 0.3) is 0 Å². The van der Waals surface area contributed by atoms with E-state index in [1.165, 1.54) is 44.5 Å². The Bertz CT molecular complexity index is 3590. The van der Waals surface area contributed by atoms with Gasteiger partial charge in [-0.25, -0.2) is 0 Å². The van der Waals surface area contributed by atoms with Crippen molar-refractivity contribution in [3.63, 3.8) is 0 Å². The van der Waals surface area contributed by atoms with Crippen molar-refractivity contribution >= 4 is 39.0 Å². The summed E-state index contributed by atoms with van der Waals surface area (Å²) in [5, 5.41) is 2.10. The second-order valence-electron chi connectivity index (χ2n) is 17.8. The van der Waals surface area contributed by atoms with E-state index in [0.717, 1.165) is 84.3 Å². The van der Waals surface area contributed by atoms with Crippen LogP contribution in [0.4, 0.5) is 17.1 Å². The molecular formula is C62H37NO3. The van der Waals surface area contributed by atoms with Gasteiger partial charge in [0.1, 0.15) is 34.2 Å². The summed E-state index contributed by atoms with van der Waals surface area (Å²) in [6.45, 7) is 0. The molecule has 15 rings (SSSR count). The third kappa shape index (κ3) is 4.43. The molecule has 1 aromatic heterocycles. The summed E-state index contributed by atoms with van der Waals surface area (Å²) in [4.78, 5) is 2.42. The average Bonchev–Trinajstić information content (AvgIpc) is 4.01. The molecule has 0 N–H and O–H groups in total. The summed E-state index contributed by atoms with van der Waals surface area (Å²) in [5.74, 6) is 3.41. The summed E-state index contributed by atoms with van der Waals surface area (Å²) < 4.78 is 20.5. The summed E-state index contributed by atoms with van der Waals surface area (Å²) in [6.07, 6.45) is 0. The summed E-state index contributed by atoms with van der Waals surface area (Å²) in [5.41, 5.74) is 17.8. The number of hydrogen-bond acceptors (Lipinski definition) is 4. The van der Waals surface area contributed by atoms with Crippen LogP contribution in [0, 0.1) is 0 Å². The van der Waals surface area contributed by atoms with Gasteiger partial charge in [0.05, 0.1) is 21.9 Å². The molecular weight excluding hydrogens is 807 g/mol. The first-order chi connectivity index (χ1) is 32.7. The van der Waals surface area contributed by atoms with Crippen LogP contribution in [0.3, 0.4) is 0 Å². The summed E-state index contributed by atoms with van der Waals surface area (Å²) in [7, 11) is 0. The standard InChI is InChI=1S/C62H37NO3/c1-6-21-45-40(16-1)41-17-2-7-22-46(41)61(45)49-25-10-13-29-55(49)65-57-34-32-38(36-51(57)61)63(53-27-15-31-59-60(53)44-20-5-12-28-54(44)64-59)39-33-35-58-52(37-39)62(50-26-11-14-30-56(50)66-58)47-23-8-3-18-42(47)43-19-4-9-24-48(43)62/h1-37H. The predicted octanol–water partition coefficient (Wildman–Crippen LogP) is 16.0. The van der Waals surface area contributed by atoms with Crippen molar-refractivity contribution in [2.45, 2.75) is 10.8 Å². The van der Waals surface area contributed by atoms with Gasteiger partial charge in [-0.2, -0.15) is 0 Å². The number of para-hydroxylation sites is 3. The Balaban J connectivity index is 1.04. The smallest absolute Gasteiger partial charge is 0.137 e. The molecule has 0 saturated carbocycles. The first-order valence-electron chi connectivity index (χ1n) is 22.7. The van der Waals surface area contributed by atoms with Crippen LogP contribution in [0.25, 0.3) is 44.2 Å². The summed E-state index contributed by atoms with van der Waals surface area (Å²) in [6, 6.07) is 81.1. The molecule has 4 nitrogen and oxygen atoms in total. The third-order valence-electron chi connectivity index (χ3n) is 14.8. The minimum Gasteiger partial charge on any atom is -0.457 e. The van der Waals surface area contributed by atoms with E-state index in [-0.39, 0.29) is 0 Å². The van der Waals surface area contributed by atoms with Crippen LogP contribution >= 0.6 is 0 Å². The molecule has 0 fully saturated rings. The molecule has 0 saturated heterocycles. The molecule has 11 aromatic rings. The fourth-order valence-corrected chi connectivity index (χ4v) is 12.3. The van der Waals surface area contributed by atoms with Crippen molar-refractivity contribution < 1.29 is 13.9 Å². The van der Waals surface area contributed by atoms with E-state index in [1.807, 2.05) is 6.07 Å². The minimum absolute atomic E-state index is 0.637. The molecule has 2 spiro atoms. The second-order valence-corrected chi connectivity index (χ2v) is 17.8. The normalized spacial score (nSPS) is 14.5. The highest BCUT2D eigenvalue weighted by Gasteiger charge is 2.53. The van der Waals surface area contributed by atoms with Crippen LogP contribution in [0.5, 0.6) is 23.0 Å². The Kier molecular flexibility index (Phi) is 7.05. The predicted molar refractivity (Wildman–Crippen MR) is 263 cm³/mol. The van der Waals surface area contributed by atoms with E-state index in [2.05, 4.69) is 223 Å². The molecule has 3 heterocycles. The molecule has 66 heavy (non-hydrogen) atoms. The van der Waals surface area contributed by atoms with Gasteiger partial charge >= 0.3 is 0 Å². The van der Waals surface area contributed by atoms with Gasteiger partial charge in [0, 0.05) is 39.0 Å². The topological polar surface area (TPSA) is 34.8 Å². The van der Waals surface area contributed by atoms with E-state index in [4.69, 9.17) is 13.9 Å². The highest BCUT2D eigenvalue weighted by molar-refractivity contribution is 6.13. The maximum Gasteiger partial charge on any atom is 0.137 e. The molecule has 2 aliphatic carbocycles. The maximum absolute atomic E-state index is 6.94. The highest BCUT2D eigenvalue weighted by Crippen LogP contribution is 2.65. The molecule has 0 amide bonds. The van der Waals surface area contributed by atoms with Crippen molar-refractivity contribution in [2.24, 2.45) is 0 Å². The quantitative estimate of drug-likeness (QED) is 0.177. The lowest BCUT2D eigenvalue weighted by atomic mass is 9.66.